The lowest BCUT2D eigenvalue weighted by atomic mass is 10.1. The van der Waals surface area contributed by atoms with Crippen molar-refractivity contribution in [1.29, 1.82) is 0 Å². The number of benzene rings is 2. The number of rotatable bonds is 6. The second-order valence-corrected chi connectivity index (χ2v) is 6.10. The molecule has 26 heavy (non-hydrogen) atoms. The van der Waals surface area contributed by atoms with Gasteiger partial charge in [0.25, 0.3) is 0 Å². The molecule has 0 radical (unpaired) electrons. The van der Waals surface area contributed by atoms with Crippen LogP contribution in [0.1, 0.15) is 16.7 Å². The van der Waals surface area contributed by atoms with Crippen LogP contribution in [0.5, 0.6) is 11.5 Å². The Kier molecular flexibility index (Phi) is 7.23. The molecule has 2 aromatic rings. The SMILES string of the molecule is COc1ccc(CNC(=S)NNC(=O)Cc2cc(C)ccc2OC)cc1. The maximum atomic E-state index is 12.1. The van der Waals surface area contributed by atoms with Gasteiger partial charge in [-0.1, -0.05) is 29.8 Å². The van der Waals surface area contributed by atoms with Gasteiger partial charge in [0, 0.05) is 12.1 Å². The Labute approximate surface area is 158 Å². The highest BCUT2D eigenvalue weighted by Crippen LogP contribution is 2.19. The average Bonchev–Trinajstić information content (AvgIpc) is 2.65. The number of hydrogen-bond acceptors (Lipinski definition) is 4. The Balaban J connectivity index is 1.77. The summed E-state index contributed by atoms with van der Waals surface area (Å²) in [6.07, 6.45) is 0.193. The van der Waals surface area contributed by atoms with E-state index in [1.54, 1.807) is 14.2 Å². The van der Waals surface area contributed by atoms with Gasteiger partial charge in [-0.25, -0.2) is 0 Å². The Bertz CT molecular complexity index is 763. The van der Waals surface area contributed by atoms with Crippen LogP contribution < -0.4 is 25.6 Å². The number of hydrogen-bond donors (Lipinski definition) is 3. The molecule has 0 saturated carbocycles. The van der Waals surface area contributed by atoms with E-state index in [9.17, 15) is 4.79 Å². The van der Waals surface area contributed by atoms with Gasteiger partial charge in [0.15, 0.2) is 5.11 Å². The first kappa shape index (κ1) is 19.5. The van der Waals surface area contributed by atoms with Gasteiger partial charge in [-0.15, -0.1) is 0 Å². The van der Waals surface area contributed by atoms with Crippen molar-refractivity contribution in [3.63, 3.8) is 0 Å². The van der Waals surface area contributed by atoms with Gasteiger partial charge in [0.2, 0.25) is 5.91 Å². The van der Waals surface area contributed by atoms with Gasteiger partial charge in [-0.2, -0.15) is 0 Å². The van der Waals surface area contributed by atoms with Gasteiger partial charge in [-0.3, -0.25) is 15.6 Å². The molecular formula is C19H23N3O3S. The number of ether oxygens (including phenoxy) is 2. The first-order chi connectivity index (χ1) is 12.5. The van der Waals surface area contributed by atoms with E-state index in [2.05, 4.69) is 16.2 Å². The molecule has 0 bridgehead atoms. The first-order valence-electron chi connectivity index (χ1n) is 8.11. The summed E-state index contributed by atoms with van der Waals surface area (Å²) in [6.45, 7) is 2.51. The second-order valence-electron chi connectivity index (χ2n) is 5.70. The van der Waals surface area contributed by atoms with Crippen LogP contribution in [0.25, 0.3) is 0 Å². The number of carbonyl (C=O) groups is 1. The van der Waals surface area contributed by atoms with Crippen LogP contribution in [0.2, 0.25) is 0 Å². The van der Waals surface area contributed by atoms with Gasteiger partial charge >= 0.3 is 0 Å². The van der Waals surface area contributed by atoms with Crippen molar-refractivity contribution in [3.05, 3.63) is 59.2 Å². The van der Waals surface area contributed by atoms with Crippen LogP contribution in [0.4, 0.5) is 0 Å². The van der Waals surface area contributed by atoms with E-state index in [-0.39, 0.29) is 12.3 Å². The van der Waals surface area contributed by atoms with E-state index in [0.29, 0.717) is 17.4 Å². The number of thiocarbonyl (C=S) groups is 1. The summed E-state index contributed by atoms with van der Waals surface area (Å²) in [5.41, 5.74) is 8.23. The topological polar surface area (TPSA) is 71.6 Å². The molecular weight excluding hydrogens is 350 g/mol. The van der Waals surface area contributed by atoms with Crippen molar-refractivity contribution < 1.29 is 14.3 Å². The van der Waals surface area contributed by atoms with Crippen LogP contribution in [0.3, 0.4) is 0 Å². The largest absolute Gasteiger partial charge is 0.497 e. The molecule has 2 aromatic carbocycles. The van der Waals surface area contributed by atoms with Crippen LogP contribution in [0.15, 0.2) is 42.5 Å². The van der Waals surface area contributed by atoms with E-state index in [1.165, 1.54) is 0 Å². The molecule has 0 aliphatic carbocycles. The summed E-state index contributed by atoms with van der Waals surface area (Å²) >= 11 is 5.17. The molecule has 0 heterocycles. The maximum absolute atomic E-state index is 12.1. The van der Waals surface area contributed by atoms with Crippen LogP contribution in [0, 0.1) is 6.92 Å². The van der Waals surface area contributed by atoms with Crippen LogP contribution >= 0.6 is 12.2 Å². The van der Waals surface area contributed by atoms with Gasteiger partial charge in [-0.05, 0) is 42.9 Å². The van der Waals surface area contributed by atoms with E-state index < -0.39 is 0 Å². The molecule has 0 aromatic heterocycles. The minimum atomic E-state index is -0.206. The zero-order chi connectivity index (χ0) is 18.9. The Morgan fingerprint density at radius 1 is 1.04 bits per heavy atom. The predicted octanol–water partition coefficient (Wildman–Crippen LogP) is 2.25. The summed E-state index contributed by atoms with van der Waals surface area (Å²) in [7, 11) is 3.21. The van der Waals surface area contributed by atoms with E-state index >= 15 is 0 Å². The highest BCUT2D eigenvalue weighted by atomic mass is 32.1. The van der Waals surface area contributed by atoms with Crippen molar-refractivity contribution in [2.45, 2.75) is 19.9 Å². The van der Waals surface area contributed by atoms with Crippen LogP contribution in [-0.4, -0.2) is 25.2 Å². The minimum Gasteiger partial charge on any atom is -0.497 e. The third-order valence-corrected chi connectivity index (χ3v) is 3.96. The van der Waals surface area contributed by atoms with E-state index in [1.807, 2.05) is 49.4 Å². The third kappa shape index (κ3) is 5.93. The zero-order valence-corrected chi connectivity index (χ0v) is 15.9. The fourth-order valence-corrected chi connectivity index (χ4v) is 2.48. The highest BCUT2D eigenvalue weighted by molar-refractivity contribution is 7.80. The summed E-state index contributed by atoms with van der Waals surface area (Å²) in [4.78, 5) is 12.1. The van der Waals surface area contributed by atoms with Crippen molar-refractivity contribution in [3.8, 4) is 11.5 Å². The predicted molar refractivity (Wildman–Crippen MR) is 105 cm³/mol. The lowest BCUT2D eigenvalue weighted by Crippen LogP contribution is -2.47. The molecule has 0 atom stereocenters. The van der Waals surface area contributed by atoms with Gasteiger partial charge in [0.1, 0.15) is 11.5 Å². The molecule has 138 valence electrons. The molecule has 1 amide bonds. The summed E-state index contributed by atoms with van der Waals surface area (Å²) in [5, 5.41) is 3.37. The minimum absolute atomic E-state index is 0.193. The standard InChI is InChI=1S/C19H23N3O3S/c1-13-4-9-17(25-3)15(10-13)11-18(23)21-22-19(26)20-12-14-5-7-16(24-2)8-6-14/h4-10H,11-12H2,1-3H3,(H,21,23)(H2,20,22,26). The van der Waals surface area contributed by atoms with E-state index in [0.717, 1.165) is 22.4 Å². The van der Waals surface area contributed by atoms with Gasteiger partial charge < -0.3 is 14.8 Å². The smallest absolute Gasteiger partial charge is 0.242 e. The lowest BCUT2D eigenvalue weighted by molar-refractivity contribution is -0.121. The Morgan fingerprint density at radius 2 is 1.77 bits per heavy atom. The number of methoxy groups -OCH3 is 2. The molecule has 2 rings (SSSR count). The van der Waals surface area contributed by atoms with Gasteiger partial charge in [0.05, 0.1) is 20.6 Å². The average molecular weight is 373 g/mol. The molecule has 3 N–H and O–H groups in total. The lowest BCUT2D eigenvalue weighted by Gasteiger charge is -2.13. The molecule has 0 fully saturated rings. The molecule has 0 saturated heterocycles. The number of aryl methyl sites for hydroxylation is 1. The molecule has 0 unspecified atom stereocenters. The van der Waals surface area contributed by atoms with Crippen molar-refractivity contribution in [2.24, 2.45) is 0 Å². The number of nitrogens with one attached hydrogen (secondary N) is 3. The fraction of sp³-hybridized carbons (Fsp3) is 0.263. The molecule has 0 aliphatic rings. The Morgan fingerprint density at radius 3 is 2.42 bits per heavy atom. The third-order valence-electron chi connectivity index (χ3n) is 3.71. The highest BCUT2D eigenvalue weighted by Gasteiger charge is 2.09. The summed E-state index contributed by atoms with van der Waals surface area (Å²) < 4.78 is 10.4. The summed E-state index contributed by atoms with van der Waals surface area (Å²) in [5.74, 6) is 1.28. The van der Waals surface area contributed by atoms with Crippen LogP contribution in [-0.2, 0) is 17.8 Å². The summed E-state index contributed by atoms with van der Waals surface area (Å²) in [6, 6.07) is 13.4. The number of amides is 1. The number of carbonyl (C=O) groups excluding carboxylic acids is 1. The van der Waals surface area contributed by atoms with Crippen molar-refractivity contribution in [1.82, 2.24) is 16.2 Å². The monoisotopic (exact) mass is 373 g/mol. The van der Waals surface area contributed by atoms with Crippen molar-refractivity contribution in [2.75, 3.05) is 14.2 Å². The second kappa shape index (κ2) is 9.62. The zero-order valence-electron chi connectivity index (χ0n) is 15.1. The normalized spacial score (nSPS) is 9.96. The molecule has 0 spiro atoms. The molecule has 7 heteroatoms. The number of hydrazine groups is 1. The van der Waals surface area contributed by atoms with Crippen molar-refractivity contribution >= 4 is 23.2 Å². The quantitative estimate of drug-likeness (QED) is 0.533. The van der Waals surface area contributed by atoms with E-state index in [4.69, 9.17) is 21.7 Å². The first-order valence-corrected chi connectivity index (χ1v) is 8.51. The molecule has 0 aliphatic heterocycles. The Hall–Kier alpha value is -2.80. The maximum Gasteiger partial charge on any atom is 0.242 e. The molecule has 6 nitrogen and oxygen atoms in total. The fourth-order valence-electron chi connectivity index (χ4n) is 2.36.